The van der Waals surface area contributed by atoms with Crippen LogP contribution in [0.15, 0.2) is 36.4 Å². The van der Waals surface area contributed by atoms with Crippen LogP contribution in [0.1, 0.15) is 24.2 Å². The molecule has 9 nitrogen and oxygen atoms in total. The lowest BCUT2D eigenvalue weighted by Crippen LogP contribution is -2.37. The SMILES string of the molecule is CCN(CC(=O)Nc1ccc(NC(C)=O)cc1)C(=O)c1cc(OC)c(OC)c(OC)c1. The Morgan fingerprint density at radius 1 is 0.871 bits per heavy atom. The summed E-state index contributed by atoms with van der Waals surface area (Å²) in [6, 6.07) is 9.78. The molecule has 0 radical (unpaired) electrons. The van der Waals surface area contributed by atoms with E-state index in [0.29, 0.717) is 40.7 Å². The molecule has 2 rings (SSSR count). The fourth-order valence-corrected chi connectivity index (χ4v) is 2.93. The van der Waals surface area contributed by atoms with E-state index in [0.717, 1.165) is 0 Å². The summed E-state index contributed by atoms with van der Waals surface area (Å²) < 4.78 is 15.9. The Kier molecular flexibility index (Phi) is 8.25. The van der Waals surface area contributed by atoms with Crippen molar-refractivity contribution >= 4 is 29.1 Å². The van der Waals surface area contributed by atoms with Crippen LogP contribution in [0.4, 0.5) is 11.4 Å². The molecular weight excluding hydrogens is 402 g/mol. The standard InChI is InChI=1S/C22H27N3O6/c1-6-25(13-20(27)24-17-9-7-16(8-10-17)23-14(2)26)22(28)15-11-18(29-3)21(31-5)19(12-15)30-4/h7-12H,6,13H2,1-5H3,(H,23,26)(H,24,27). The van der Waals surface area contributed by atoms with Crippen molar-refractivity contribution in [3.05, 3.63) is 42.0 Å². The highest BCUT2D eigenvalue weighted by Crippen LogP contribution is 2.38. The summed E-state index contributed by atoms with van der Waals surface area (Å²) in [6.07, 6.45) is 0. The number of ether oxygens (including phenoxy) is 3. The Labute approximate surface area is 181 Å². The molecular formula is C22H27N3O6. The molecule has 0 atom stereocenters. The first-order chi connectivity index (χ1) is 14.8. The highest BCUT2D eigenvalue weighted by molar-refractivity contribution is 6.00. The highest BCUT2D eigenvalue weighted by Gasteiger charge is 2.22. The van der Waals surface area contributed by atoms with Gasteiger partial charge >= 0.3 is 0 Å². The molecule has 0 aliphatic heterocycles. The van der Waals surface area contributed by atoms with Crippen LogP contribution in [-0.4, -0.2) is 57.0 Å². The van der Waals surface area contributed by atoms with Crippen LogP contribution < -0.4 is 24.8 Å². The lowest BCUT2D eigenvalue weighted by molar-refractivity contribution is -0.117. The maximum Gasteiger partial charge on any atom is 0.254 e. The molecule has 3 amide bonds. The van der Waals surface area contributed by atoms with Crippen molar-refractivity contribution in [2.45, 2.75) is 13.8 Å². The third-order valence-corrected chi connectivity index (χ3v) is 4.40. The number of amides is 3. The fraction of sp³-hybridized carbons (Fsp3) is 0.318. The number of rotatable bonds is 9. The number of carbonyl (C=O) groups is 3. The molecule has 0 aromatic heterocycles. The molecule has 166 valence electrons. The summed E-state index contributed by atoms with van der Waals surface area (Å²) in [5, 5.41) is 5.39. The number of nitrogens with one attached hydrogen (secondary N) is 2. The molecule has 2 aromatic rings. The maximum atomic E-state index is 13.0. The van der Waals surface area contributed by atoms with Crippen molar-refractivity contribution in [3.8, 4) is 17.2 Å². The van der Waals surface area contributed by atoms with E-state index in [9.17, 15) is 14.4 Å². The van der Waals surface area contributed by atoms with Gasteiger partial charge in [-0.25, -0.2) is 0 Å². The second kappa shape index (κ2) is 10.9. The van der Waals surface area contributed by atoms with Crippen LogP contribution in [0.2, 0.25) is 0 Å². The summed E-state index contributed by atoms with van der Waals surface area (Å²) in [5.74, 6) is 0.202. The van der Waals surface area contributed by atoms with Crippen molar-refractivity contribution in [2.24, 2.45) is 0 Å². The molecule has 2 N–H and O–H groups in total. The summed E-state index contributed by atoms with van der Waals surface area (Å²) in [5.41, 5.74) is 1.48. The molecule has 0 spiro atoms. The van der Waals surface area contributed by atoms with Gasteiger partial charge in [-0.05, 0) is 43.3 Å². The molecule has 0 saturated carbocycles. The van der Waals surface area contributed by atoms with Gasteiger partial charge < -0.3 is 29.7 Å². The molecule has 0 aliphatic rings. The van der Waals surface area contributed by atoms with Gasteiger partial charge in [0, 0.05) is 30.4 Å². The van der Waals surface area contributed by atoms with Gasteiger partial charge in [-0.2, -0.15) is 0 Å². The number of hydrogen-bond donors (Lipinski definition) is 2. The lowest BCUT2D eigenvalue weighted by atomic mass is 10.1. The summed E-state index contributed by atoms with van der Waals surface area (Å²) >= 11 is 0. The molecule has 0 saturated heterocycles. The molecule has 0 aliphatic carbocycles. The molecule has 0 heterocycles. The van der Waals surface area contributed by atoms with E-state index >= 15 is 0 Å². The molecule has 9 heteroatoms. The Hall–Kier alpha value is -3.75. The van der Waals surface area contributed by atoms with Crippen molar-refractivity contribution in [2.75, 3.05) is 45.1 Å². The Morgan fingerprint density at radius 3 is 1.81 bits per heavy atom. The lowest BCUT2D eigenvalue weighted by Gasteiger charge is -2.22. The topological polar surface area (TPSA) is 106 Å². The second-order valence-electron chi connectivity index (χ2n) is 6.54. The van der Waals surface area contributed by atoms with E-state index in [2.05, 4.69) is 10.6 Å². The number of benzene rings is 2. The third kappa shape index (κ3) is 6.11. The number of likely N-dealkylation sites (N-methyl/N-ethyl adjacent to an activating group) is 1. The average molecular weight is 429 g/mol. The van der Waals surface area contributed by atoms with E-state index in [-0.39, 0.29) is 24.3 Å². The molecule has 0 bridgehead atoms. The Balaban J connectivity index is 2.12. The van der Waals surface area contributed by atoms with Crippen LogP contribution in [0.3, 0.4) is 0 Å². The van der Waals surface area contributed by atoms with Crippen LogP contribution in [-0.2, 0) is 9.59 Å². The van der Waals surface area contributed by atoms with Crippen LogP contribution in [0, 0.1) is 0 Å². The number of hydrogen-bond acceptors (Lipinski definition) is 6. The largest absolute Gasteiger partial charge is 0.493 e. The Morgan fingerprint density at radius 2 is 1.39 bits per heavy atom. The van der Waals surface area contributed by atoms with Crippen LogP contribution in [0.5, 0.6) is 17.2 Å². The molecule has 0 unspecified atom stereocenters. The zero-order valence-electron chi connectivity index (χ0n) is 18.3. The van der Waals surface area contributed by atoms with Gasteiger partial charge in [-0.15, -0.1) is 0 Å². The molecule has 31 heavy (non-hydrogen) atoms. The van der Waals surface area contributed by atoms with Crippen molar-refractivity contribution in [1.82, 2.24) is 4.90 Å². The van der Waals surface area contributed by atoms with Crippen molar-refractivity contribution < 1.29 is 28.6 Å². The average Bonchev–Trinajstić information content (AvgIpc) is 2.76. The first kappa shape index (κ1) is 23.5. The fourth-order valence-electron chi connectivity index (χ4n) is 2.93. The third-order valence-electron chi connectivity index (χ3n) is 4.40. The maximum absolute atomic E-state index is 13.0. The summed E-state index contributed by atoms with van der Waals surface area (Å²) in [4.78, 5) is 38.0. The van der Waals surface area contributed by atoms with Gasteiger partial charge in [-0.3, -0.25) is 14.4 Å². The zero-order valence-corrected chi connectivity index (χ0v) is 18.3. The highest BCUT2D eigenvalue weighted by atomic mass is 16.5. The van der Waals surface area contributed by atoms with E-state index in [4.69, 9.17) is 14.2 Å². The zero-order chi connectivity index (χ0) is 23.0. The van der Waals surface area contributed by atoms with Gasteiger partial charge in [0.2, 0.25) is 17.6 Å². The number of nitrogens with zero attached hydrogens (tertiary/aromatic N) is 1. The molecule has 0 fully saturated rings. The van der Waals surface area contributed by atoms with Crippen molar-refractivity contribution in [1.29, 1.82) is 0 Å². The van der Waals surface area contributed by atoms with Gasteiger partial charge in [0.25, 0.3) is 5.91 Å². The normalized spacial score (nSPS) is 10.1. The monoisotopic (exact) mass is 429 g/mol. The molecule has 2 aromatic carbocycles. The first-order valence-corrected chi connectivity index (χ1v) is 9.59. The smallest absolute Gasteiger partial charge is 0.254 e. The van der Waals surface area contributed by atoms with E-state index in [1.165, 1.54) is 33.2 Å². The Bertz CT molecular complexity index is 918. The van der Waals surface area contributed by atoms with E-state index in [1.807, 2.05) is 0 Å². The van der Waals surface area contributed by atoms with Gasteiger partial charge in [0.05, 0.1) is 21.3 Å². The van der Waals surface area contributed by atoms with E-state index < -0.39 is 0 Å². The summed E-state index contributed by atoms with van der Waals surface area (Å²) in [6.45, 7) is 3.38. The second-order valence-corrected chi connectivity index (χ2v) is 6.54. The van der Waals surface area contributed by atoms with E-state index in [1.54, 1.807) is 43.3 Å². The minimum absolute atomic E-state index is 0.139. The predicted molar refractivity (Wildman–Crippen MR) is 117 cm³/mol. The van der Waals surface area contributed by atoms with Gasteiger partial charge in [0.1, 0.15) is 6.54 Å². The first-order valence-electron chi connectivity index (χ1n) is 9.59. The number of anilines is 2. The quantitative estimate of drug-likeness (QED) is 0.635. The van der Waals surface area contributed by atoms with Crippen molar-refractivity contribution in [3.63, 3.8) is 0 Å². The number of methoxy groups -OCH3 is 3. The van der Waals surface area contributed by atoms with Gasteiger partial charge in [-0.1, -0.05) is 0 Å². The minimum Gasteiger partial charge on any atom is -0.493 e. The van der Waals surface area contributed by atoms with Crippen LogP contribution >= 0.6 is 0 Å². The summed E-state index contributed by atoms with van der Waals surface area (Å²) in [7, 11) is 4.41. The number of carbonyl (C=O) groups excluding carboxylic acids is 3. The van der Waals surface area contributed by atoms with Gasteiger partial charge in [0.15, 0.2) is 11.5 Å². The predicted octanol–water partition coefficient (Wildman–Crippen LogP) is 2.77. The minimum atomic E-state index is -0.352. The van der Waals surface area contributed by atoms with Crippen LogP contribution in [0.25, 0.3) is 0 Å².